The maximum Gasteiger partial charge on any atom is 0.125 e. The van der Waals surface area contributed by atoms with E-state index in [1.165, 1.54) is 0 Å². The van der Waals surface area contributed by atoms with Crippen LogP contribution < -0.4 is 10.5 Å². The van der Waals surface area contributed by atoms with Gasteiger partial charge in [0, 0.05) is 23.6 Å². The number of hydrogen-bond donors (Lipinski definition) is 1. The quantitative estimate of drug-likeness (QED) is 0.615. The van der Waals surface area contributed by atoms with E-state index in [1.807, 2.05) is 12.1 Å². The summed E-state index contributed by atoms with van der Waals surface area (Å²) in [6.45, 7) is 0.974. The van der Waals surface area contributed by atoms with Gasteiger partial charge in [-0.1, -0.05) is 17.7 Å². The highest BCUT2D eigenvalue weighted by molar-refractivity contribution is 6.31. The van der Waals surface area contributed by atoms with Gasteiger partial charge in [0.2, 0.25) is 0 Å². The van der Waals surface area contributed by atoms with Crippen molar-refractivity contribution in [3.63, 3.8) is 0 Å². The van der Waals surface area contributed by atoms with Gasteiger partial charge in [-0.05, 0) is 18.6 Å². The first-order valence-electron chi connectivity index (χ1n) is 4.83. The normalized spacial score (nSPS) is 9.67. The van der Waals surface area contributed by atoms with E-state index >= 15 is 0 Å². The fourth-order valence-electron chi connectivity index (χ4n) is 1.23. The van der Waals surface area contributed by atoms with Crippen molar-refractivity contribution in [2.24, 2.45) is 5.73 Å². The van der Waals surface area contributed by atoms with Crippen molar-refractivity contribution in [2.45, 2.75) is 19.4 Å². The van der Waals surface area contributed by atoms with Crippen molar-refractivity contribution >= 4 is 11.6 Å². The Balaban J connectivity index is 2.60. The van der Waals surface area contributed by atoms with E-state index in [0.29, 0.717) is 18.2 Å². The molecule has 2 N–H and O–H groups in total. The zero-order valence-electron chi connectivity index (χ0n) is 8.50. The largest absolute Gasteiger partial charge is 0.493 e. The number of ether oxygens (including phenoxy) is 1. The van der Waals surface area contributed by atoms with Crippen LogP contribution in [0.4, 0.5) is 0 Å². The van der Waals surface area contributed by atoms with Crippen molar-refractivity contribution in [2.75, 3.05) is 6.61 Å². The Morgan fingerprint density at radius 2 is 2.27 bits per heavy atom. The van der Waals surface area contributed by atoms with Gasteiger partial charge in [0.25, 0.3) is 0 Å². The summed E-state index contributed by atoms with van der Waals surface area (Å²) >= 11 is 5.98. The molecule has 0 unspecified atom stereocenters. The van der Waals surface area contributed by atoms with Crippen LogP contribution in [-0.2, 0) is 6.54 Å². The van der Waals surface area contributed by atoms with Crippen molar-refractivity contribution < 1.29 is 4.74 Å². The topological polar surface area (TPSA) is 35.2 Å². The second-order valence-electron chi connectivity index (χ2n) is 3.08. The molecule has 0 spiro atoms. The molecule has 0 fully saturated rings. The summed E-state index contributed by atoms with van der Waals surface area (Å²) in [6, 6.07) is 5.51. The Morgan fingerprint density at radius 1 is 1.47 bits per heavy atom. The van der Waals surface area contributed by atoms with E-state index in [-0.39, 0.29) is 0 Å². The summed E-state index contributed by atoms with van der Waals surface area (Å²) in [6.07, 6.45) is 6.70. The number of rotatable bonds is 5. The summed E-state index contributed by atoms with van der Waals surface area (Å²) < 4.78 is 5.55. The second-order valence-corrected chi connectivity index (χ2v) is 3.48. The van der Waals surface area contributed by atoms with Crippen LogP contribution >= 0.6 is 11.6 Å². The third kappa shape index (κ3) is 3.47. The van der Waals surface area contributed by atoms with Crippen molar-refractivity contribution in [1.29, 1.82) is 0 Å². The van der Waals surface area contributed by atoms with Crippen LogP contribution in [0.1, 0.15) is 18.4 Å². The Morgan fingerprint density at radius 3 is 2.93 bits per heavy atom. The minimum Gasteiger partial charge on any atom is -0.493 e. The fourth-order valence-corrected chi connectivity index (χ4v) is 1.47. The van der Waals surface area contributed by atoms with E-state index < -0.39 is 0 Å². The van der Waals surface area contributed by atoms with Gasteiger partial charge in [-0.3, -0.25) is 0 Å². The number of unbranched alkanes of at least 4 members (excludes halogenated alkanes) is 1. The second kappa shape index (κ2) is 6.34. The minimum absolute atomic E-state index is 0.379. The van der Waals surface area contributed by atoms with Crippen LogP contribution in [0, 0.1) is 12.3 Å². The molecule has 0 aromatic heterocycles. The maximum absolute atomic E-state index is 5.98. The van der Waals surface area contributed by atoms with E-state index in [2.05, 4.69) is 5.92 Å². The highest BCUT2D eigenvalue weighted by Gasteiger charge is 2.05. The monoisotopic (exact) mass is 223 g/mol. The molecular formula is C12H14ClNO. The van der Waals surface area contributed by atoms with Gasteiger partial charge in [0.15, 0.2) is 0 Å². The third-order valence-electron chi connectivity index (χ3n) is 2.00. The standard InChI is InChI=1S/C12H14ClNO/c1-2-3-4-8-15-12-7-5-6-11(13)10(12)9-14/h1,5-7H,3-4,8-9,14H2. The van der Waals surface area contributed by atoms with Gasteiger partial charge in [-0.15, -0.1) is 12.3 Å². The maximum atomic E-state index is 5.98. The smallest absolute Gasteiger partial charge is 0.125 e. The molecule has 1 rings (SSSR count). The molecule has 0 aliphatic carbocycles. The molecule has 1 aromatic rings. The van der Waals surface area contributed by atoms with E-state index in [9.17, 15) is 0 Å². The van der Waals surface area contributed by atoms with Gasteiger partial charge < -0.3 is 10.5 Å². The van der Waals surface area contributed by atoms with Gasteiger partial charge in [-0.25, -0.2) is 0 Å². The molecule has 0 amide bonds. The number of benzene rings is 1. The Bertz CT molecular complexity index is 357. The highest BCUT2D eigenvalue weighted by Crippen LogP contribution is 2.25. The molecule has 0 atom stereocenters. The Labute approximate surface area is 95.4 Å². The first-order valence-corrected chi connectivity index (χ1v) is 5.21. The molecule has 2 nitrogen and oxygen atoms in total. The summed E-state index contributed by atoms with van der Waals surface area (Å²) in [5.41, 5.74) is 6.43. The van der Waals surface area contributed by atoms with Crippen LogP contribution in [0.2, 0.25) is 5.02 Å². The van der Waals surface area contributed by atoms with Gasteiger partial charge in [0.05, 0.1) is 6.61 Å². The summed E-state index contributed by atoms with van der Waals surface area (Å²) in [5, 5.41) is 0.645. The molecule has 3 heteroatoms. The summed E-state index contributed by atoms with van der Waals surface area (Å²) in [5.74, 6) is 3.32. The molecular weight excluding hydrogens is 210 g/mol. The highest BCUT2D eigenvalue weighted by atomic mass is 35.5. The van der Waals surface area contributed by atoms with Crippen molar-refractivity contribution in [3.8, 4) is 18.1 Å². The Hall–Kier alpha value is -1.17. The lowest BCUT2D eigenvalue weighted by Gasteiger charge is -2.10. The zero-order chi connectivity index (χ0) is 11.1. The van der Waals surface area contributed by atoms with Crippen LogP contribution in [-0.4, -0.2) is 6.61 Å². The van der Waals surface area contributed by atoms with Crippen LogP contribution in [0.25, 0.3) is 0 Å². The van der Waals surface area contributed by atoms with E-state index in [1.54, 1.807) is 6.07 Å². The lowest BCUT2D eigenvalue weighted by Crippen LogP contribution is -2.04. The number of terminal acetylenes is 1. The fraction of sp³-hybridized carbons (Fsp3) is 0.333. The van der Waals surface area contributed by atoms with Crippen molar-refractivity contribution in [3.05, 3.63) is 28.8 Å². The minimum atomic E-state index is 0.379. The van der Waals surface area contributed by atoms with Crippen molar-refractivity contribution in [1.82, 2.24) is 0 Å². The first kappa shape index (κ1) is 11.9. The lowest BCUT2D eigenvalue weighted by atomic mass is 10.2. The SMILES string of the molecule is C#CCCCOc1cccc(Cl)c1CN. The molecule has 0 aliphatic heterocycles. The van der Waals surface area contributed by atoms with Gasteiger partial charge in [-0.2, -0.15) is 0 Å². The molecule has 0 aliphatic rings. The zero-order valence-corrected chi connectivity index (χ0v) is 9.26. The molecule has 0 radical (unpaired) electrons. The number of nitrogens with two attached hydrogens (primary N) is 1. The van der Waals surface area contributed by atoms with Crippen LogP contribution in [0.3, 0.4) is 0 Å². The van der Waals surface area contributed by atoms with Crippen LogP contribution in [0.15, 0.2) is 18.2 Å². The number of hydrogen-bond acceptors (Lipinski definition) is 2. The first-order chi connectivity index (χ1) is 7.29. The van der Waals surface area contributed by atoms with Gasteiger partial charge in [0.1, 0.15) is 5.75 Å². The average Bonchev–Trinajstić information content (AvgIpc) is 2.24. The lowest BCUT2D eigenvalue weighted by molar-refractivity contribution is 0.310. The Kier molecular flexibility index (Phi) is 5.03. The molecule has 0 saturated heterocycles. The molecule has 0 saturated carbocycles. The molecule has 1 aromatic carbocycles. The summed E-state index contributed by atoms with van der Waals surface area (Å²) in [4.78, 5) is 0. The average molecular weight is 224 g/mol. The summed E-state index contributed by atoms with van der Waals surface area (Å²) in [7, 11) is 0. The molecule has 15 heavy (non-hydrogen) atoms. The van der Waals surface area contributed by atoms with E-state index in [0.717, 1.165) is 24.2 Å². The molecule has 0 heterocycles. The molecule has 80 valence electrons. The van der Waals surface area contributed by atoms with E-state index in [4.69, 9.17) is 28.5 Å². The predicted octanol–water partition coefficient (Wildman–Crippen LogP) is 2.59. The predicted molar refractivity (Wildman–Crippen MR) is 62.9 cm³/mol. The van der Waals surface area contributed by atoms with Gasteiger partial charge >= 0.3 is 0 Å². The number of halogens is 1. The van der Waals surface area contributed by atoms with Crippen LogP contribution in [0.5, 0.6) is 5.75 Å². The third-order valence-corrected chi connectivity index (χ3v) is 2.36. The molecule has 0 bridgehead atoms.